The monoisotopic (exact) mass is 218 g/mol. The van der Waals surface area contributed by atoms with Gasteiger partial charge in [-0.1, -0.05) is 25.5 Å². The summed E-state index contributed by atoms with van der Waals surface area (Å²) in [5, 5.41) is 0. The lowest BCUT2D eigenvalue weighted by Gasteiger charge is -2.05. The molecule has 2 rings (SSSR count). The molecule has 0 amide bonds. The average molecular weight is 218 g/mol. The molecule has 0 saturated heterocycles. The minimum absolute atomic E-state index is 0.234. The molecule has 1 aliphatic rings. The summed E-state index contributed by atoms with van der Waals surface area (Å²) in [5.41, 5.74) is 1.32. The minimum atomic E-state index is 0.234. The number of ketones is 1. The van der Waals surface area contributed by atoms with E-state index in [0.29, 0.717) is 5.92 Å². The third-order valence-corrected chi connectivity index (χ3v) is 2.88. The normalized spacial score (nSPS) is 14.8. The van der Waals surface area contributed by atoms with E-state index >= 15 is 0 Å². The molecule has 0 unspecified atom stereocenters. The molecule has 86 valence electrons. The lowest BCUT2D eigenvalue weighted by molar-refractivity contribution is -0.122. The molecule has 0 radical (unpaired) electrons. The number of carbonyl (C=O) groups excluding carboxylic acids is 1. The van der Waals surface area contributed by atoms with Gasteiger partial charge in [0.2, 0.25) is 0 Å². The number of ether oxygens (including phenoxy) is 1. The van der Waals surface area contributed by atoms with Gasteiger partial charge < -0.3 is 4.74 Å². The summed E-state index contributed by atoms with van der Waals surface area (Å²) >= 11 is 0. The van der Waals surface area contributed by atoms with Crippen molar-refractivity contribution in [3.63, 3.8) is 0 Å². The maximum absolute atomic E-state index is 11.4. The van der Waals surface area contributed by atoms with Crippen LogP contribution in [-0.2, 0) is 11.2 Å². The van der Waals surface area contributed by atoms with Gasteiger partial charge in [-0.2, -0.15) is 0 Å². The summed E-state index contributed by atoms with van der Waals surface area (Å²) in [6.07, 6.45) is 4.36. The molecule has 0 bridgehead atoms. The number of aryl methyl sites for hydroxylation is 1. The highest BCUT2D eigenvalue weighted by Crippen LogP contribution is 2.29. The van der Waals surface area contributed by atoms with Crippen molar-refractivity contribution in [3.05, 3.63) is 29.8 Å². The van der Waals surface area contributed by atoms with Crippen LogP contribution in [0, 0.1) is 5.92 Å². The van der Waals surface area contributed by atoms with Crippen molar-refractivity contribution in [2.45, 2.75) is 32.6 Å². The van der Waals surface area contributed by atoms with Crippen LogP contribution in [0.2, 0.25) is 0 Å². The Morgan fingerprint density at radius 2 is 2.00 bits per heavy atom. The van der Waals surface area contributed by atoms with Crippen LogP contribution in [0.15, 0.2) is 24.3 Å². The fraction of sp³-hybridized carbons (Fsp3) is 0.500. The summed E-state index contributed by atoms with van der Waals surface area (Å²) < 4.78 is 5.45. The third kappa shape index (κ3) is 3.09. The predicted octanol–water partition coefficient (Wildman–Crippen LogP) is 3.00. The largest absolute Gasteiger partial charge is 0.486 e. The van der Waals surface area contributed by atoms with Gasteiger partial charge in [0, 0.05) is 5.92 Å². The fourth-order valence-corrected chi connectivity index (χ4v) is 1.72. The van der Waals surface area contributed by atoms with Gasteiger partial charge in [-0.3, -0.25) is 4.79 Å². The van der Waals surface area contributed by atoms with Crippen molar-refractivity contribution in [2.24, 2.45) is 5.92 Å². The van der Waals surface area contributed by atoms with E-state index < -0.39 is 0 Å². The fourth-order valence-electron chi connectivity index (χ4n) is 1.72. The Labute approximate surface area is 96.6 Å². The van der Waals surface area contributed by atoms with E-state index in [1.165, 1.54) is 5.56 Å². The van der Waals surface area contributed by atoms with Crippen LogP contribution >= 0.6 is 0 Å². The topological polar surface area (TPSA) is 26.3 Å². The van der Waals surface area contributed by atoms with Crippen molar-refractivity contribution in [2.75, 3.05) is 6.61 Å². The van der Waals surface area contributed by atoms with Crippen molar-refractivity contribution >= 4 is 5.78 Å². The number of hydrogen-bond donors (Lipinski definition) is 0. The Morgan fingerprint density at radius 1 is 1.31 bits per heavy atom. The van der Waals surface area contributed by atoms with Crippen LogP contribution in [0.5, 0.6) is 5.75 Å². The second kappa shape index (κ2) is 5.15. The van der Waals surface area contributed by atoms with Gasteiger partial charge in [-0.05, 0) is 37.0 Å². The second-order valence-corrected chi connectivity index (χ2v) is 4.42. The van der Waals surface area contributed by atoms with E-state index in [1.54, 1.807) is 0 Å². The van der Waals surface area contributed by atoms with Gasteiger partial charge in [0.25, 0.3) is 0 Å². The molecule has 1 fully saturated rings. The summed E-state index contributed by atoms with van der Waals surface area (Å²) in [7, 11) is 0. The maximum atomic E-state index is 11.4. The molecule has 0 N–H and O–H groups in total. The molecule has 1 aliphatic carbocycles. The number of benzene rings is 1. The van der Waals surface area contributed by atoms with Crippen LogP contribution in [0.4, 0.5) is 0 Å². The standard InChI is InChI=1S/C14H18O2/c1-2-3-11-4-8-13(9-5-11)16-10-14(15)12-6-7-12/h4-5,8-9,12H,2-3,6-7,10H2,1H3. The Hall–Kier alpha value is -1.31. The number of Topliss-reactive ketones (excluding diaryl/α,β-unsaturated/α-hetero) is 1. The highest BCUT2D eigenvalue weighted by molar-refractivity contribution is 5.84. The number of rotatable bonds is 6. The van der Waals surface area contributed by atoms with Crippen LogP contribution in [0.3, 0.4) is 0 Å². The zero-order valence-electron chi connectivity index (χ0n) is 9.74. The van der Waals surface area contributed by atoms with Gasteiger partial charge in [0.1, 0.15) is 12.4 Å². The summed E-state index contributed by atoms with van der Waals surface area (Å²) in [5.74, 6) is 1.34. The lowest BCUT2D eigenvalue weighted by Crippen LogP contribution is -2.12. The molecule has 1 aromatic rings. The van der Waals surface area contributed by atoms with Gasteiger partial charge in [0.05, 0.1) is 0 Å². The SMILES string of the molecule is CCCc1ccc(OCC(=O)C2CC2)cc1. The smallest absolute Gasteiger partial charge is 0.173 e. The molecule has 1 aromatic carbocycles. The predicted molar refractivity (Wildman–Crippen MR) is 63.7 cm³/mol. The Morgan fingerprint density at radius 3 is 2.56 bits per heavy atom. The number of hydrogen-bond acceptors (Lipinski definition) is 2. The number of carbonyl (C=O) groups is 1. The average Bonchev–Trinajstić information content (AvgIpc) is 3.12. The molecular formula is C14H18O2. The van der Waals surface area contributed by atoms with Gasteiger partial charge in [-0.15, -0.1) is 0 Å². The molecular weight excluding hydrogens is 200 g/mol. The second-order valence-electron chi connectivity index (χ2n) is 4.42. The molecule has 1 saturated carbocycles. The lowest BCUT2D eigenvalue weighted by atomic mass is 10.1. The van der Waals surface area contributed by atoms with Gasteiger partial charge in [-0.25, -0.2) is 0 Å². The minimum Gasteiger partial charge on any atom is -0.486 e. The van der Waals surface area contributed by atoms with E-state index in [2.05, 4.69) is 19.1 Å². The summed E-state index contributed by atoms with van der Waals surface area (Å²) in [6.45, 7) is 2.40. The maximum Gasteiger partial charge on any atom is 0.173 e. The first kappa shape index (κ1) is 11.2. The molecule has 0 aliphatic heterocycles. The molecule has 16 heavy (non-hydrogen) atoms. The Kier molecular flexibility index (Phi) is 3.60. The van der Waals surface area contributed by atoms with E-state index in [9.17, 15) is 4.79 Å². The molecule has 2 nitrogen and oxygen atoms in total. The van der Waals surface area contributed by atoms with Crippen molar-refractivity contribution < 1.29 is 9.53 Å². The van der Waals surface area contributed by atoms with Crippen molar-refractivity contribution in [3.8, 4) is 5.75 Å². The highest BCUT2D eigenvalue weighted by atomic mass is 16.5. The first-order valence-corrected chi connectivity index (χ1v) is 6.04. The van der Waals surface area contributed by atoms with E-state index in [0.717, 1.165) is 31.4 Å². The molecule has 0 heterocycles. The molecule has 0 spiro atoms. The summed E-state index contributed by atoms with van der Waals surface area (Å²) in [6, 6.07) is 8.04. The quantitative estimate of drug-likeness (QED) is 0.733. The highest BCUT2D eigenvalue weighted by Gasteiger charge is 2.29. The van der Waals surface area contributed by atoms with E-state index in [4.69, 9.17) is 4.74 Å². The van der Waals surface area contributed by atoms with Gasteiger partial charge in [0.15, 0.2) is 5.78 Å². The first-order chi connectivity index (χ1) is 7.79. The van der Waals surface area contributed by atoms with Gasteiger partial charge >= 0.3 is 0 Å². The molecule has 2 heteroatoms. The first-order valence-electron chi connectivity index (χ1n) is 6.04. The molecule has 0 atom stereocenters. The molecule has 0 aromatic heterocycles. The van der Waals surface area contributed by atoms with Crippen molar-refractivity contribution in [1.29, 1.82) is 0 Å². The van der Waals surface area contributed by atoms with Crippen LogP contribution in [0.25, 0.3) is 0 Å². The summed E-state index contributed by atoms with van der Waals surface area (Å²) in [4.78, 5) is 11.4. The zero-order valence-corrected chi connectivity index (χ0v) is 9.74. The van der Waals surface area contributed by atoms with Crippen LogP contribution < -0.4 is 4.74 Å². The van der Waals surface area contributed by atoms with Crippen molar-refractivity contribution in [1.82, 2.24) is 0 Å². The Bertz CT molecular complexity index is 350. The Balaban J connectivity index is 1.82. The van der Waals surface area contributed by atoms with E-state index in [-0.39, 0.29) is 12.4 Å². The van der Waals surface area contributed by atoms with Crippen LogP contribution in [0.1, 0.15) is 31.7 Å². The third-order valence-electron chi connectivity index (χ3n) is 2.88. The van der Waals surface area contributed by atoms with Crippen LogP contribution in [-0.4, -0.2) is 12.4 Å². The van der Waals surface area contributed by atoms with E-state index in [1.807, 2.05) is 12.1 Å². The zero-order chi connectivity index (χ0) is 11.4.